The molecule has 0 spiro atoms. The van der Waals surface area contributed by atoms with E-state index in [4.69, 9.17) is 81.3 Å². The normalized spacial score (nSPS) is 11.9. The first-order valence-electron chi connectivity index (χ1n) is 19.5. The van der Waals surface area contributed by atoms with Gasteiger partial charge in [-0.1, -0.05) is 0 Å². The third-order valence-electron chi connectivity index (χ3n) is 7.71. The standard InChI is InChI=1S/C40H60O19/c1-45-36-28-33(29-37-40(36)59-31-58-37)39(44)38(43)32-26-34(56-24-22-54-20-18-52-16-14-50-12-10-48-8-6-46-4-2-41)30-35(27-32)57-25-23-55-21-19-53-17-15-51-13-11-49-9-7-47-5-3-42/h26-30,41-42H,2-25,31H2,1H3. The van der Waals surface area contributed by atoms with Crippen molar-refractivity contribution < 1.29 is 90.9 Å². The number of aliphatic hydroxyl groups is 2. The molecule has 0 amide bonds. The number of Topliss-reactive ketones (excluding diaryl/α,β-unsaturated/α-hetero) is 2. The van der Waals surface area contributed by atoms with Crippen LogP contribution in [0.2, 0.25) is 0 Å². The van der Waals surface area contributed by atoms with Gasteiger partial charge in [0.25, 0.3) is 0 Å². The molecule has 1 aliphatic heterocycles. The van der Waals surface area contributed by atoms with E-state index in [9.17, 15) is 9.59 Å². The van der Waals surface area contributed by atoms with Gasteiger partial charge in [0.05, 0.1) is 152 Å². The molecule has 0 saturated heterocycles. The molecule has 2 aromatic rings. The summed E-state index contributed by atoms with van der Waals surface area (Å²) in [5.41, 5.74) is 0.135. The minimum absolute atomic E-state index is 0.0110. The Kier molecular flexibility index (Phi) is 27.8. The Morgan fingerprint density at radius 2 is 0.797 bits per heavy atom. The van der Waals surface area contributed by atoms with Crippen LogP contribution >= 0.6 is 0 Å². The van der Waals surface area contributed by atoms with Crippen molar-refractivity contribution >= 4 is 11.6 Å². The van der Waals surface area contributed by atoms with Gasteiger partial charge in [-0.3, -0.25) is 9.59 Å². The van der Waals surface area contributed by atoms with E-state index in [0.717, 1.165) is 0 Å². The molecule has 0 radical (unpaired) electrons. The molecule has 0 atom stereocenters. The Bertz CT molecular complexity index is 1350. The quantitative estimate of drug-likeness (QED) is 0.0551. The summed E-state index contributed by atoms with van der Waals surface area (Å²) in [4.78, 5) is 26.9. The van der Waals surface area contributed by atoms with E-state index in [1.165, 1.54) is 31.4 Å². The average molecular weight is 845 g/mol. The van der Waals surface area contributed by atoms with Gasteiger partial charge in [0, 0.05) is 17.2 Å². The molecule has 0 bridgehead atoms. The fraction of sp³-hybridized carbons (Fsp3) is 0.650. The number of hydrogen-bond acceptors (Lipinski definition) is 19. The zero-order valence-electron chi connectivity index (χ0n) is 33.9. The van der Waals surface area contributed by atoms with E-state index in [2.05, 4.69) is 0 Å². The van der Waals surface area contributed by atoms with E-state index in [0.29, 0.717) is 142 Å². The van der Waals surface area contributed by atoms with Crippen molar-refractivity contribution in [2.24, 2.45) is 0 Å². The second-order valence-corrected chi connectivity index (χ2v) is 12.0. The number of carbonyl (C=O) groups is 2. The van der Waals surface area contributed by atoms with Gasteiger partial charge in [-0.25, -0.2) is 0 Å². The first-order chi connectivity index (χ1) is 29.1. The molecule has 3 rings (SSSR count). The van der Waals surface area contributed by atoms with Crippen LogP contribution in [-0.2, 0) is 47.4 Å². The first kappa shape index (κ1) is 49.7. The van der Waals surface area contributed by atoms with Gasteiger partial charge < -0.3 is 81.3 Å². The van der Waals surface area contributed by atoms with E-state index in [1.807, 2.05) is 0 Å². The molecule has 1 aliphatic rings. The third-order valence-corrected chi connectivity index (χ3v) is 7.71. The van der Waals surface area contributed by atoms with Crippen molar-refractivity contribution in [2.75, 3.05) is 172 Å². The van der Waals surface area contributed by atoms with Crippen molar-refractivity contribution in [1.29, 1.82) is 0 Å². The highest BCUT2D eigenvalue weighted by Crippen LogP contribution is 2.42. The fourth-order valence-corrected chi connectivity index (χ4v) is 4.92. The van der Waals surface area contributed by atoms with Gasteiger partial charge in [-0.2, -0.15) is 0 Å². The highest BCUT2D eigenvalue weighted by atomic mass is 16.7. The van der Waals surface area contributed by atoms with Crippen molar-refractivity contribution in [3.63, 3.8) is 0 Å². The van der Waals surface area contributed by atoms with Crippen molar-refractivity contribution in [3.05, 3.63) is 41.5 Å². The monoisotopic (exact) mass is 844 g/mol. The van der Waals surface area contributed by atoms with E-state index >= 15 is 0 Å². The van der Waals surface area contributed by atoms with Crippen LogP contribution in [0.15, 0.2) is 30.3 Å². The summed E-state index contributed by atoms with van der Waals surface area (Å²) in [6, 6.07) is 7.43. The Morgan fingerprint density at radius 1 is 0.458 bits per heavy atom. The lowest BCUT2D eigenvalue weighted by Gasteiger charge is -2.13. The lowest BCUT2D eigenvalue weighted by molar-refractivity contribution is -0.0147. The maximum atomic E-state index is 13.5. The van der Waals surface area contributed by atoms with Crippen LogP contribution in [0.25, 0.3) is 0 Å². The molecule has 0 saturated carbocycles. The van der Waals surface area contributed by atoms with Crippen LogP contribution < -0.4 is 23.7 Å². The van der Waals surface area contributed by atoms with Crippen LogP contribution in [0.1, 0.15) is 20.7 Å². The fourth-order valence-electron chi connectivity index (χ4n) is 4.92. The molecular formula is C40H60O19. The third kappa shape index (κ3) is 21.9. The summed E-state index contributed by atoms with van der Waals surface area (Å²) in [5.74, 6) is -0.0324. The predicted molar refractivity (Wildman–Crippen MR) is 208 cm³/mol. The van der Waals surface area contributed by atoms with Crippen molar-refractivity contribution in [1.82, 2.24) is 0 Å². The number of rotatable bonds is 40. The number of aliphatic hydroxyl groups excluding tert-OH is 2. The highest BCUT2D eigenvalue weighted by molar-refractivity contribution is 6.49. The van der Waals surface area contributed by atoms with Crippen LogP contribution in [0, 0.1) is 0 Å². The molecule has 59 heavy (non-hydrogen) atoms. The molecule has 2 aromatic carbocycles. The lowest BCUT2D eigenvalue weighted by Crippen LogP contribution is -2.16. The summed E-state index contributed by atoms with van der Waals surface area (Å²) in [6.07, 6.45) is 0. The van der Waals surface area contributed by atoms with Gasteiger partial charge in [-0.15, -0.1) is 0 Å². The first-order valence-corrected chi connectivity index (χ1v) is 19.5. The lowest BCUT2D eigenvalue weighted by atomic mass is 10.0. The molecule has 1 heterocycles. The smallest absolute Gasteiger partial charge is 0.233 e. The Morgan fingerprint density at radius 3 is 1.15 bits per heavy atom. The number of ether oxygens (including phenoxy) is 15. The summed E-state index contributed by atoms with van der Waals surface area (Å²) in [6.45, 7) is 7.81. The molecule has 19 nitrogen and oxygen atoms in total. The van der Waals surface area contributed by atoms with Gasteiger partial charge in [0.1, 0.15) is 24.7 Å². The number of ketones is 2. The molecule has 0 aromatic heterocycles. The van der Waals surface area contributed by atoms with Crippen molar-refractivity contribution in [2.45, 2.75) is 0 Å². The molecule has 334 valence electrons. The largest absolute Gasteiger partial charge is 0.493 e. The molecule has 19 heteroatoms. The molecule has 0 fully saturated rings. The maximum Gasteiger partial charge on any atom is 0.233 e. The topological polar surface area (TPSA) is 213 Å². The summed E-state index contributed by atoms with van der Waals surface area (Å²) in [5, 5.41) is 17.3. The Balaban J connectivity index is 1.37. The SMILES string of the molecule is COc1cc(C(=O)C(=O)c2cc(OCCOCCOCCOCCOCCOCCO)cc(OCCOCCOCCOCCOCCOCCO)c2)cc2c1OCO2. The molecular weight excluding hydrogens is 784 g/mol. The summed E-state index contributed by atoms with van der Waals surface area (Å²) >= 11 is 0. The van der Waals surface area contributed by atoms with Gasteiger partial charge in [-0.05, 0) is 24.3 Å². The number of benzene rings is 2. The minimum atomic E-state index is -0.788. The number of fused-ring (bicyclic) bond motifs is 1. The van der Waals surface area contributed by atoms with Crippen LogP contribution in [-0.4, -0.2) is 194 Å². The van der Waals surface area contributed by atoms with Gasteiger partial charge in [0.15, 0.2) is 11.5 Å². The minimum Gasteiger partial charge on any atom is -0.493 e. The zero-order chi connectivity index (χ0) is 42.0. The van der Waals surface area contributed by atoms with Crippen LogP contribution in [0.3, 0.4) is 0 Å². The van der Waals surface area contributed by atoms with E-state index in [1.54, 1.807) is 6.07 Å². The van der Waals surface area contributed by atoms with Crippen LogP contribution in [0.5, 0.6) is 28.7 Å². The predicted octanol–water partition coefficient (Wildman–Crippen LogP) is 1.40. The Labute approximate surface area is 344 Å². The van der Waals surface area contributed by atoms with E-state index < -0.39 is 11.6 Å². The second-order valence-electron chi connectivity index (χ2n) is 12.0. The molecule has 2 N–H and O–H groups in total. The molecule has 0 unspecified atom stereocenters. The number of methoxy groups -OCH3 is 1. The second kappa shape index (κ2) is 33.1. The van der Waals surface area contributed by atoms with Gasteiger partial charge in [0.2, 0.25) is 24.1 Å². The van der Waals surface area contributed by atoms with E-state index in [-0.39, 0.29) is 63.3 Å². The maximum absolute atomic E-state index is 13.5. The van der Waals surface area contributed by atoms with Crippen molar-refractivity contribution in [3.8, 4) is 28.7 Å². The zero-order valence-corrected chi connectivity index (χ0v) is 33.9. The van der Waals surface area contributed by atoms with Gasteiger partial charge >= 0.3 is 0 Å². The summed E-state index contributed by atoms with van der Waals surface area (Å²) in [7, 11) is 1.43. The average Bonchev–Trinajstić information content (AvgIpc) is 3.74. The highest BCUT2D eigenvalue weighted by Gasteiger charge is 2.26. The number of carbonyl (C=O) groups excluding carboxylic acids is 2. The van der Waals surface area contributed by atoms with Crippen LogP contribution in [0.4, 0.5) is 0 Å². The summed E-state index contributed by atoms with van der Waals surface area (Å²) < 4.78 is 82.0. The Hall–Kier alpha value is -3.70. The molecule has 0 aliphatic carbocycles. The number of hydrogen-bond donors (Lipinski definition) is 2.